The number of nitrogens with two attached hydrogens (primary N) is 1. The Balaban J connectivity index is 2.04. The molecule has 1 aliphatic heterocycles. The third kappa shape index (κ3) is 4.94. The van der Waals surface area contributed by atoms with E-state index in [2.05, 4.69) is 11.8 Å². The molecular formula is C11H24N2O. The fraction of sp³-hybridized carbons (Fsp3) is 1.00. The van der Waals surface area contributed by atoms with E-state index < -0.39 is 0 Å². The summed E-state index contributed by atoms with van der Waals surface area (Å²) in [6.07, 6.45) is 4.67. The van der Waals surface area contributed by atoms with Crippen molar-refractivity contribution in [2.75, 3.05) is 32.8 Å². The summed E-state index contributed by atoms with van der Waals surface area (Å²) in [5.74, 6) is 0. The Hall–Kier alpha value is -0.120. The van der Waals surface area contributed by atoms with Crippen LogP contribution in [-0.2, 0) is 4.74 Å². The van der Waals surface area contributed by atoms with E-state index in [9.17, 15) is 0 Å². The van der Waals surface area contributed by atoms with Gasteiger partial charge in [0.2, 0.25) is 0 Å². The number of nitrogens with zero attached hydrogens (tertiary/aromatic N) is 1. The van der Waals surface area contributed by atoms with Crippen molar-refractivity contribution in [3.63, 3.8) is 0 Å². The second kappa shape index (κ2) is 7.21. The van der Waals surface area contributed by atoms with Crippen LogP contribution in [-0.4, -0.2) is 43.8 Å². The maximum Gasteiger partial charge on any atom is 0.0593 e. The minimum atomic E-state index is 0.401. The molecule has 0 spiro atoms. The third-order valence-corrected chi connectivity index (χ3v) is 2.89. The van der Waals surface area contributed by atoms with Gasteiger partial charge in [0.25, 0.3) is 0 Å². The molecule has 84 valence electrons. The molecule has 1 atom stereocenters. The summed E-state index contributed by atoms with van der Waals surface area (Å²) < 4.78 is 5.41. The summed E-state index contributed by atoms with van der Waals surface area (Å²) in [6.45, 7) is 7.48. The Kier molecular flexibility index (Phi) is 6.15. The van der Waals surface area contributed by atoms with Crippen LogP contribution in [0.3, 0.4) is 0 Å². The molecule has 0 amide bonds. The highest BCUT2D eigenvalue weighted by Gasteiger charge is 2.08. The van der Waals surface area contributed by atoms with E-state index in [0.29, 0.717) is 6.04 Å². The minimum Gasteiger partial charge on any atom is -0.380 e. The molecule has 0 aromatic carbocycles. The van der Waals surface area contributed by atoms with Crippen molar-refractivity contribution in [2.45, 2.75) is 38.6 Å². The van der Waals surface area contributed by atoms with Gasteiger partial charge in [-0.1, -0.05) is 6.92 Å². The molecule has 1 fully saturated rings. The number of hydrogen-bond acceptors (Lipinski definition) is 3. The monoisotopic (exact) mass is 200 g/mol. The average molecular weight is 200 g/mol. The molecule has 0 aliphatic carbocycles. The van der Waals surface area contributed by atoms with Gasteiger partial charge < -0.3 is 15.4 Å². The topological polar surface area (TPSA) is 38.5 Å². The molecule has 1 rings (SSSR count). The van der Waals surface area contributed by atoms with E-state index in [4.69, 9.17) is 10.5 Å². The largest absolute Gasteiger partial charge is 0.380 e. The zero-order valence-corrected chi connectivity index (χ0v) is 9.37. The lowest BCUT2D eigenvalue weighted by Crippen LogP contribution is -2.29. The van der Waals surface area contributed by atoms with Crippen LogP contribution in [0.15, 0.2) is 0 Å². The van der Waals surface area contributed by atoms with Crippen LogP contribution in [0.1, 0.15) is 32.6 Å². The Morgan fingerprint density at radius 2 is 2.21 bits per heavy atom. The standard InChI is InChI=1S/C11H24N2O/c1-2-11(12)5-3-6-13-7-4-9-14-10-8-13/h11H,2-10,12H2,1H3. The second-order valence-corrected chi connectivity index (χ2v) is 4.12. The predicted molar refractivity (Wildman–Crippen MR) is 59.4 cm³/mol. The Morgan fingerprint density at radius 3 is 3.00 bits per heavy atom. The van der Waals surface area contributed by atoms with Gasteiger partial charge in [-0.3, -0.25) is 0 Å². The van der Waals surface area contributed by atoms with Crippen LogP contribution in [0.25, 0.3) is 0 Å². The molecule has 0 aromatic rings. The predicted octanol–water partition coefficient (Wildman–Crippen LogP) is 1.23. The Morgan fingerprint density at radius 1 is 1.36 bits per heavy atom. The van der Waals surface area contributed by atoms with Crippen molar-refractivity contribution in [3.05, 3.63) is 0 Å². The maximum absolute atomic E-state index is 5.88. The van der Waals surface area contributed by atoms with E-state index in [1.165, 1.54) is 25.9 Å². The van der Waals surface area contributed by atoms with Crippen molar-refractivity contribution in [3.8, 4) is 0 Å². The minimum absolute atomic E-state index is 0.401. The fourth-order valence-electron chi connectivity index (χ4n) is 1.80. The van der Waals surface area contributed by atoms with Crippen LogP contribution < -0.4 is 5.73 Å². The first kappa shape index (κ1) is 12.0. The molecule has 1 aliphatic rings. The van der Waals surface area contributed by atoms with Gasteiger partial charge in [0.1, 0.15) is 0 Å². The summed E-state index contributed by atoms with van der Waals surface area (Å²) in [7, 11) is 0. The number of rotatable bonds is 5. The van der Waals surface area contributed by atoms with E-state index in [1.807, 2.05) is 0 Å². The fourth-order valence-corrected chi connectivity index (χ4v) is 1.80. The van der Waals surface area contributed by atoms with Crippen molar-refractivity contribution in [1.29, 1.82) is 0 Å². The third-order valence-electron chi connectivity index (χ3n) is 2.89. The van der Waals surface area contributed by atoms with Crippen LogP contribution in [0.2, 0.25) is 0 Å². The van der Waals surface area contributed by atoms with E-state index in [-0.39, 0.29) is 0 Å². The molecule has 14 heavy (non-hydrogen) atoms. The van der Waals surface area contributed by atoms with Crippen molar-refractivity contribution < 1.29 is 4.74 Å². The van der Waals surface area contributed by atoms with Crippen LogP contribution in [0.5, 0.6) is 0 Å². The molecule has 0 saturated carbocycles. The SMILES string of the molecule is CCC(N)CCCN1CCCOCC1. The summed E-state index contributed by atoms with van der Waals surface area (Å²) in [5, 5.41) is 0. The van der Waals surface area contributed by atoms with E-state index in [1.54, 1.807) is 0 Å². The first-order valence-corrected chi connectivity index (χ1v) is 5.88. The smallest absolute Gasteiger partial charge is 0.0593 e. The molecule has 2 N–H and O–H groups in total. The molecule has 0 bridgehead atoms. The molecule has 3 heteroatoms. The van der Waals surface area contributed by atoms with Gasteiger partial charge in [-0.2, -0.15) is 0 Å². The first-order valence-electron chi connectivity index (χ1n) is 5.88. The highest BCUT2D eigenvalue weighted by atomic mass is 16.5. The lowest BCUT2D eigenvalue weighted by Gasteiger charge is -2.19. The highest BCUT2D eigenvalue weighted by molar-refractivity contribution is 4.64. The summed E-state index contributed by atoms with van der Waals surface area (Å²) in [5.41, 5.74) is 5.88. The molecule has 1 unspecified atom stereocenters. The second-order valence-electron chi connectivity index (χ2n) is 4.12. The van der Waals surface area contributed by atoms with Crippen LogP contribution >= 0.6 is 0 Å². The van der Waals surface area contributed by atoms with Gasteiger partial charge in [0.05, 0.1) is 6.61 Å². The maximum atomic E-state index is 5.88. The molecule has 1 saturated heterocycles. The molecule has 0 radical (unpaired) electrons. The van der Waals surface area contributed by atoms with Gasteiger partial charge in [-0.25, -0.2) is 0 Å². The summed E-state index contributed by atoms with van der Waals surface area (Å²) >= 11 is 0. The average Bonchev–Trinajstić information content (AvgIpc) is 2.46. The zero-order valence-electron chi connectivity index (χ0n) is 9.37. The number of hydrogen-bond donors (Lipinski definition) is 1. The lowest BCUT2D eigenvalue weighted by molar-refractivity contribution is 0.141. The quantitative estimate of drug-likeness (QED) is 0.725. The Labute approximate surface area is 87.6 Å². The molecule has 3 nitrogen and oxygen atoms in total. The molecule has 0 aromatic heterocycles. The van der Waals surface area contributed by atoms with Crippen molar-refractivity contribution in [2.24, 2.45) is 5.73 Å². The normalized spacial score (nSPS) is 21.9. The van der Waals surface area contributed by atoms with Crippen LogP contribution in [0, 0.1) is 0 Å². The number of ether oxygens (including phenoxy) is 1. The van der Waals surface area contributed by atoms with Crippen molar-refractivity contribution >= 4 is 0 Å². The molecular weight excluding hydrogens is 176 g/mol. The van der Waals surface area contributed by atoms with Crippen molar-refractivity contribution in [1.82, 2.24) is 4.90 Å². The van der Waals surface area contributed by atoms with E-state index >= 15 is 0 Å². The van der Waals surface area contributed by atoms with Gasteiger partial charge >= 0.3 is 0 Å². The zero-order chi connectivity index (χ0) is 10.2. The van der Waals surface area contributed by atoms with Gasteiger partial charge in [0.15, 0.2) is 0 Å². The lowest BCUT2D eigenvalue weighted by atomic mass is 10.1. The van der Waals surface area contributed by atoms with Gasteiger partial charge in [0, 0.05) is 25.7 Å². The van der Waals surface area contributed by atoms with E-state index in [0.717, 1.165) is 32.6 Å². The molecule has 1 heterocycles. The Bertz CT molecular complexity index is 133. The highest BCUT2D eigenvalue weighted by Crippen LogP contribution is 2.04. The summed E-state index contributed by atoms with van der Waals surface area (Å²) in [4.78, 5) is 2.50. The van der Waals surface area contributed by atoms with Gasteiger partial charge in [-0.15, -0.1) is 0 Å². The van der Waals surface area contributed by atoms with Gasteiger partial charge in [-0.05, 0) is 32.2 Å². The summed E-state index contributed by atoms with van der Waals surface area (Å²) in [6, 6.07) is 0.401. The van der Waals surface area contributed by atoms with Crippen LogP contribution in [0.4, 0.5) is 0 Å². The first-order chi connectivity index (χ1) is 6.83.